The van der Waals surface area contributed by atoms with Crippen molar-refractivity contribution in [3.8, 4) is 33.8 Å². The Morgan fingerprint density at radius 2 is 1.00 bits per heavy atom. The fraction of sp³-hybridized carbons (Fsp3) is 0. The van der Waals surface area contributed by atoms with Gasteiger partial charge >= 0.3 is 0 Å². The summed E-state index contributed by atoms with van der Waals surface area (Å²) in [6.07, 6.45) is 0. The van der Waals surface area contributed by atoms with Gasteiger partial charge in [-0.15, -0.1) is 0 Å². The first-order chi connectivity index (χ1) is 11.1. The number of rotatable bonds is 3. The first-order valence-corrected chi connectivity index (χ1v) is 8.10. The number of benzene rings is 3. The van der Waals surface area contributed by atoms with Gasteiger partial charge in [-0.05, 0) is 35.4 Å². The summed E-state index contributed by atoms with van der Waals surface area (Å²) in [5, 5.41) is 18.8. The van der Waals surface area contributed by atoms with E-state index in [1.165, 1.54) is 24.3 Å². The van der Waals surface area contributed by atoms with E-state index in [2.05, 4.69) is 0 Å². The lowest BCUT2D eigenvalue weighted by molar-refractivity contribution is 0.475. The SMILES string of the molecule is O=[SH](=O)c1c(-c2ccc(O)cc2)cccc1-c1ccc(O)cc1. The molecule has 0 unspecified atom stereocenters. The van der Waals surface area contributed by atoms with Gasteiger partial charge in [-0.25, -0.2) is 8.42 Å². The van der Waals surface area contributed by atoms with Crippen LogP contribution in [-0.2, 0) is 10.7 Å². The van der Waals surface area contributed by atoms with Crippen LogP contribution in [0.25, 0.3) is 22.3 Å². The van der Waals surface area contributed by atoms with E-state index in [1.807, 2.05) is 0 Å². The molecule has 23 heavy (non-hydrogen) atoms. The normalized spacial score (nSPS) is 10.8. The van der Waals surface area contributed by atoms with Crippen LogP contribution in [0.5, 0.6) is 11.5 Å². The molecule has 0 saturated carbocycles. The lowest BCUT2D eigenvalue weighted by Crippen LogP contribution is -1.92. The van der Waals surface area contributed by atoms with Crippen LogP contribution < -0.4 is 0 Å². The third kappa shape index (κ3) is 3.05. The molecule has 2 N–H and O–H groups in total. The molecule has 0 aromatic heterocycles. The second-order valence-electron chi connectivity index (χ2n) is 5.05. The van der Waals surface area contributed by atoms with E-state index in [0.717, 1.165) is 0 Å². The van der Waals surface area contributed by atoms with Gasteiger partial charge in [-0.2, -0.15) is 0 Å². The van der Waals surface area contributed by atoms with Gasteiger partial charge in [0.1, 0.15) is 11.5 Å². The molecule has 0 saturated heterocycles. The zero-order valence-corrected chi connectivity index (χ0v) is 12.9. The van der Waals surface area contributed by atoms with Crippen LogP contribution in [0, 0.1) is 0 Å². The molecule has 0 aliphatic carbocycles. The quantitative estimate of drug-likeness (QED) is 0.645. The minimum atomic E-state index is -2.82. The second kappa shape index (κ2) is 6.14. The Bertz CT molecular complexity index is 839. The van der Waals surface area contributed by atoms with E-state index >= 15 is 0 Å². The van der Waals surface area contributed by atoms with Crippen LogP contribution in [0.1, 0.15) is 0 Å². The van der Waals surface area contributed by atoms with Crippen LogP contribution >= 0.6 is 0 Å². The van der Waals surface area contributed by atoms with Gasteiger partial charge in [-0.3, -0.25) is 0 Å². The summed E-state index contributed by atoms with van der Waals surface area (Å²) in [5.74, 6) is 0.244. The highest BCUT2D eigenvalue weighted by atomic mass is 32.2. The van der Waals surface area contributed by atoms with Crippen molar-refractivity contribution in [3.05, 3.63) is 66.7 Å². The van der Waals surface area contributed by atoms with Crippen molar-refractivity contribution in [2.45, 2.75) is 4.90 Å². The molecule has 116 valence electrons. The topological polar surface area (TPSA) is 74.6 Å². The Kier molecular flexibility index (Phi) is 4.04. The number of phenols is 2. The zero-order chi connectivity index (χ0) is 16.4. The van der Waals surface area contributed by atoms with Crippen LogP contribution in [-0.4, -0.2) is 18.6 Å². The molecule has 3 aromatic carbocycles. The van der Waals surface area contributed by atoms with E-state index in [-0.39, 0.29) is 16.4 Å². The lowest BCUT2D eigenvalue weighted by Gasteiger charge is -2.11. The Balaban J connectivity index is 2.24. The first-order valence-electron chi connectivity index (χ1n) is 6.92. The molecule has 5 heteroatoms. The molecule has 3 rings (SSSR count). The maximum atomic E-state index is 11.9. The smallest absolute Gasteiger partial charge is 0.169 e. The van der Waals surface area contributed by atoms with Crippen molar-refractivity contribution < 1.29 is 18.6 Å². The summed E-state index contributed by atoms with van der Waals surface area (Å²) in [7, 11) is -2.82. The highest BCUT2D eigenvalue weighted by Gasteiger charge is 2.14. The summed E-state index contributed by atoms with van der Waals surface area (Å²) >= 11 is 0. The average molecular weight is 326 g/mol. The highest BCUT2D eigenvalue weighted by molar-refractivity contribution is 7.72. The van der Waals surface area contributed by atoms with Crippen molar-refractivity contribution >= 4 is 10.7 Å². The number of hydrogen-bond acceptors (Lipinski definition) is 4. The molecule has 0 radical (unpaired) electrons. The first kappa shape index (κ1) is 15.1. The van der Waals surface area contributed by atoms with Gasteiger partial charge < -0.3 is 10.2 Å². The maximum Gasteiger partial charge on any atom is 0.169 e. The largest absolute Gasteiger partial charge is 0.508 e. The van der Waals surface area contributed by atoms with E-state index < -0.39 is 10.7 Å². The predicted molar refractivity (Wildman–Crippen MR) is 89.2 cm³/mol. The van der Waals surface area contributed by atoms with Gasteiger partial charge in [0.15, 0.2) is 10.7 Å². The molecular formula is C18H14O4S. The minimum Gasteiger partial charge on any atom is -0.508 e. The summed E-state index contributed by atoms with van der Waals surface area (Å²) in [5.41, 5.74) is 2.56. The van der Waals surface area contributed by atoms with Crippen LogP contribution in [0.3, 0.4) is 0 Å². The Morgan fingerprint density at radius 3 is 1.35 bits per heavy atom. The van der Waals surface area contributed by atoms with Crippen molar-refractivity contribution in [1.82, 2.24) is 0 Å². The van der Waals surface area contributed by atoms with Gasteiger partial charge in [-0.1, -0.05) is 42.5 Å². The molecule has 0 bridgehead atoms. The fourth-order valence-corrected chi connectivity index (χ4v) is 3.29. The van der Waals surface area contributed by atoms with E-state index in [0.29, 0.717) is 22.3 Å². The van der Waals surface area contributed by atoms with Crippen molar-refractivity contribution in [3.63, 3.8) is 0 Å². The lowest BCUT2D eigenvalue weighted by atomic mass is 9.98. The summed E-state index contributed by atoms with van der Waals surface area (Å²) in [6.45, 7) is 0. The zero-order valence-electron chi connectivity index (χ0n) is 12.0. The highest BCUT2D eigenvalue weighted by Crippen LogP contribution is 2.34. The molecule has 0 spiro atoms. The van der Waals surface area contributed by atoms with Gasteiger partial charge in [0.2, 0.25) is 0 Å². The van der Waals surface area contributed by atoms with Crippen LogP contribution in [0.4, 0.5) is 0 Å². The number of thiol groups is 1. The second-order valence-corrected chi connectivity index (χ2v) is 6.01. The third-order valence-electron chi connectivity index (χ3n) is 3.58. The molecule has 3 aromatic rings. The maximum absolute atomic E-state index is 11.9. The number of aromatic hydroxyl groups is 2. The summed E-state index contributed by atoms with van der Waals surface area (Å²) < 4.78 is 23.7. The fourth-order valence-electron chi connectivity index (χ4n) is 2.49. The monoisotopic (exact) mass is 326 g/mol. The minimum absolute atomic E-state index is 0.122. The van der Waals surface area contributed by atoms with Gasteiger partial charge in [0.25, 0.3) is 0 Å². The molecule has 0 fully saturated rings. The predicted octanol–water partition coefficient (Wildman–Crippen LogP) is 3.40. The van der Waals surface area contributed by atoms with Crippen LogP contribution in [0.2, 0.25) is 0 Å². The molecule has 0 aliphatic rings. The molecular weight excluding hydrogens is 312 g/mol. The van der Waals surface area contributed by atoms with Gasteiger partial charge in [0, 0.05) is 11.1 Å². The van der Waals surface area contributed by atoms with Crippen molar-refractivity contribution in [2.75, 3.05) is 0 Å². The van der Waals surface area contributed by atoms with E-state index in [4.69, 9.17) is 0 Å². The Labute approximate surface area is 135 Å². The molecule has 0 amide bonds. The molecule has 0 heterocycles. The standard InChI is InChI=1S/C18H14O4S/c19-14-8-4-12(5-9-14)16-2-1-3-17(18(16)23(21)22)13-6-10-15(20)11-7-13/h1-11,19-20,23H. The van der Waals surface area contributed by atoms with Crippen molar-refractivity contribution in [1.29, 1.82) is 0 Å². The number of phenolic OH excluding ortho intramolecular Hbond substituents is 2. The molecule has 0 atom stereocenters. The molecule has 4 nitrogen and oxygen atoms in total. The van der Waals surface area contributed by atoms with E-state index in [1.54, 1.807) is 42.5 Å². The molecule has 0 aliphatic heterocycles. The third-order valence-corrected chi connectivity index (χ3v) is 4.42. The van der Waals surface area contributed by atoms with E-state index in [9.17, 15) is 18.6 Å². The summed E-state index contributed by atoms with van der Waals surface area (Å²) in [6, 6.07) is 18.0. The Hall–Kier alpha value is -2.79. The van der Waals surface area contributed by atoms with Crippen LogP contribution in [0.15, 0.2) is 71.6 Å². The average Bonchev–Trinajstić information content (AvgIpc) is 2.55. The number of hydrogen-bond donors (Lipinski definition) is 3. The Morgan fingerprint density at radius 1 is 0.609 bits per heavy atom. The van der Waals surface area contributed by atoms with Gasteiger partial charge in [0.05, 0.1) is 4.90 Å². The van der Waals surface area contributed by atoms with Crippen molar-refractivity contribution in [2.24, 2.45) is 0 Å². The summed E-state index contributed by atoms with van der Waals surface area (Å²) in [4.78, 5) is 0.221.